The Kier molecular flexibility index (Phi) is 16.0. The molecule has 0 atom stereocenters. The van der Waals surface area contributed by atoms with Gasteiger partial charge in [-0.05, 0) is 346 Å². The zero-order valence-corrected chi connectivity index (χ0v) is 67.5. The molecule has 24 aromatic rings. The van der Waals surface area contributed by atoms with Crippen LogP contribution in [0.3, 0.4) is 0 Å². The molecule has 0 spiro atoms. The summed E-state index contributed by atoms with van der Waals surface area (Å²) in [6.45, 7) is 16.0. The number of furan rings is 4. The van der Waals surface area contributed by atoms with Crippen molar-refractivity contribution in [2.75, 3.05) is 0 Å². The van der Waals surface area contributed by atoms with E-state index in [1.54, 1.807) is 60.7 Å². The highest BCUT2D eigenvalue weighted by atomic mass is 19.1. The summed E-state index contributed by atoms with van der Waals surface area (Å²) < 4.78 is 118. The molecule has 0 N–H and O–H groups in total. The van der Waals surface area contributed by atoms with Crippen LogP contribution in [0.25, 0.3) is 241 Å². The molecule has 0 saturated heterocycles. The van der Waals surface area contributed by atoms with Crippen LogP contribution in [-0.4, -0.2) is 0 Å². The molecule has 122 heavy (non-hydrogen) atoms. The van der Waals surface area contributed by atoms with Gasteiger partial charge in [0.05, 0.1) is 0 Å². The monoisotopic (exact) mass is 1590 g/mol. The molecule has 584 valence electrons. The minimum atomic E-state index is -0.352. The number of aryl methyl sites for hydroxylation is 8. The normalized spacial score (nSPS) is 12.2. The lowest BCUT2D eigenvalue weighted by Crippen LogP contribution is -1.97. The molecule has 10 heteroatoms. The van der Waals surface area contributed by atoms with Gasteiger partial charge in [0.2, 0.25) is 0 Å². The molecule has 0 amide bonds. The SMILES string of the molecule is Cc1cccc(-c2ccc3c(c2)oc2c3cc3c(-c4c(C)cc(F)cc4C)cc4c5oc6cc(-c7cccc(C)c7)ccc6c5cc5c(-c6c(C)cc(F)cc6C)cc2c3c54)c1.Cc1cccc(F)c1-c1cc2c3oc4cc(-c5ccc(F)cc5)ccc4c3cc3c(-c4c(C)cccc4F)cc4c5oc6cc(-c7ccc(F)cc7)ccc6c5cc1c4c32. The standard InChI is InChI=1S/C58H40F2O2.C54H30F4O2/c1-29-9-7-11-35(17-29)37-13-15-41-47-25-45-44(54-33(5)21-40(60)22-34(54)6)28-50-56-46(26-48-42-16-14-38(24-52(42)62-58(48)50)36-12-8-10-30(2)18-36)43(53-31(3)19-39(59)20-32(53)4)27-49(55(45)56)57(47)61-51(41)23-37;1-27-5-3-7-45(57)49(27)37-25-43-52-40(24-42-36-20-14-32(22-48(36)59-53(42)43)30-11-17-34(56)18-12-30)38(50-28(2)6-4-8-46(50)58)26-44-51(52)39(37)23-41-35-19-13-31(21-47(35)60-54(41)44)29-9-15-33(55)16-10-29/h7-28H,1-6H3;3-26H,1-2H3. The van der Waals surface area contributed by atoms with Crippen LogP contribution < -0.4 is 0 Å². The van der Waals surface area contributed by atoms with Crippen LogP contribution in [0.5, 0.6) is 0 Å². The van der Waals surface area contributed by atoms with E-state index in [0.717, 1.165) is 230 Å². The van der Waals surface area contributed by atoms with Crippen LogP contribution in [0.4, 0.5) is 26.3 Å². The summed E-state index contributed by atoms with van der Waals surface area (Å²) >= 11 is 0. The number of fused-ring (bicyclic) bond motifs is 16. The van der Waals surface area contributed by atoms with Crippen molar-refractivity contribution in [2.24, 2.45) is 0 Å². The summed E-state index contributed by atoms with van der Waals surface area (Å²) in [4.78, 5) is 0. The molecule has 0 bridgehead atoms. The lowest BCUT2D eigenvalue weighted by Gasteiger charge is -2.21. The number of benzene rings is 20. The third kappa shape index (κ3) is 11.1. The summed E-state index contributed by atoms with van der Waals surface area (Å²) in [7, 11) is 0. The largest absolute Gasteiger partial charge is 0.455 e. The van der Waals surface area contributed by atoms with Crippen LogP contribution >= 0.6 is 0 Å². The summed E-state index contributed by atoms with van der Waals surface area (Å²) in [5, 5.41) is 18.3. The van der Waals surface area contributed by atoms with Gasteiger partial charge in [-0.3, -0.25) is 0 Å². The van der Waals surface area contributed by atoms with Crippen molar-refractivity contribution in [3.05, 3.63) is 358 Å². The smallest absolute Gasteiger partial charge is 0.143 e. The van der Waals surface area contributed by atoms with Crippen molar-refractivity contribution in [1.82, 2.24) is 0 Å². The van der Waals surface area contributed by atoms with E-state index >= 15 is 17.6 Å². The quantitative estimate of drug-likeness (QED) is 0.112. The van der Waals surface area contributed by atoms with Crippen molar-refractivity contribution in [1.29, 1.82) is 0 Å². The zero-order valence-electron chi connectivity index (χ0n) is 67.5. The Labute approximate surface area is 695 Å². The van der Waals surface area contributed by atoms with Crippen molar-refractivity contribution < 1.29 is 44.0 Å². The Hall–Kier alpha value is -14.7. The lowest BCUT2D eigenvalue weighted by atomic mass is 9.81. The third-order valence-electron chi connectivity index (χ3n) is 25.6. The van der Waals surface area contributed by atoms with E-state index < -0.39 is 0 Å². The number of hydrogen-bond donors (Lipinski definition) is 0. The van der Waals surface area contributed by atoms with Gasteiger partial charge in [-0.15, -0.1) is 0 Å². The van der Waals surface area contributed by atoms with Gasteiger partial charge >= 0.3 is 0 Å². The minimum Gasteiger partial charge on any atom is -0.455 e. The Morgan fingerprint density at radius 3 is 0.730 bits per heavy atom. The van der Waals surface area contributed by atoms with Gasteiger partial charge < -0.3 is 17.7 Å². The van der Waals surface area contributed by atoms with E-state index in [-0.39, 0.29) is 34.9 Å². The first-order valence-electron chi connectivity index (χ1n) is 40.9. The van der Waals surface area contributed by atoms with Gasteiger partial charge in [-0.25, -0.2) is 26.3 Å². The first-order chi connectivity index (χ1) is 59.2. The second-order valence-corrected chi connectivity index (χ2v) is 33.3. The second kappa shape index (κ2) is 26.9. The van der Waals surface area contributed by atoms with Gasteiger partial charge in [-0.1, -0.05) is 132 Å². The molecule has 0 aliphatic carbocycles. The predicted octanol–water partition coefficient (Wildman–Crippen LogP) is 33.4. The summed E-state index contributed by atoms with van der Waals surface area (Å²) in [5.74, 6) is -1.85. The van der Waals surface area contributed by atoms with Gasteiger partial charge in [0.25, 0.3) is 0 Å². The lowest BCUT2D eigenvalue weighted by molar-refractivity contribution is 0.625. The van der Waals surface area contributed by atoms with E-state index in [4.69, 9.17) is 17.7 Å². The van der Waals surface area contributed by atoms with Gasteiger partial charge in [0, 0.05) is 97.3 Å². The number of halogens is 6. The molecule has 24 rings (SSSR count). The predicted molar refractivity (Wildman–Crippen MR) is 491 cm³/mol. The van der Waals surface area contributed by atoms with Crippen molar-refractivity contribution in [2.45, 2.75) is 55.4 Å². The molecular formula is C112H70F6O4. The van der Waals surface area contributed by atoms with Crippen LogP contribution in [0.1, 0.15) is 44.5 Å². The minimum absolute atomic E-state index is 0.257. The molecule has 0 unspecified atom stereocenters. The third-order valence-corrected chi connectivity index (χ3v) is 25.6. The van der Waals surface area contributed by atoms with E-state index in [1.807, 2.05) is 102 Å². The highest BCUT2D eigenvalue weighted by Crippen LogP contribution is 2.56. The fourth-order valence-corrected chi connectivity index (χ4v) is 20.2. The maximum Gasteiger partial charge on any atom is 0.143 e. The van der Waals surface area contributed by atoms with E-state index in [1.165, 1.54) is 47.5 Å². The van der Waals surface area contributed by atoms with Crippen molar-refractivity contribution in [3.8, 4) is 89.0 Å². The average Bonchev–Trinajstić information content (AvgIpc) is 1.35. The Balaban J connectivity index is 0.000000142. The molecule has 0 aliphatic rings. The first-order valence-corrected chi connectivity index (χ1v) is 40.9. The number of rotatable bonds is 8. The molecule has 20 aromatic carbocycles. The fourth-order valence-electron chi connectivity index (χ4n) is 20.2. The molecule has 4 heterocycles. The fraction of sp³-hybridized carbons (Fsp3) is 0.0714. The molecule has 0 fully saturated rings. The Bertz CT molecular complexity index is 8080. The highest BCUT2D eigenvalue weighted by Gasteiger charge is 2.31. The van der Waals surface area contributed by atoms with E-state index in [0.29, 0.717) is 44.6 Å². The van der Waals surface area contributed by atoms with Gasteiger partial charge in [0.15, 0.2) is 0 Å². The maximum atomic E-state index is 16.3. The molecule has 0 radical (unpaired) electrons. The van der Waals surface area contributed by atoms with Crippen LogP contribution in [0.15, 0.2) is 297 Å². The molecule has 4 aromatic heterocycles. The van der Waals surface area contributed by atoms with Crippen LogP contribution in [0, 0.1) is 90.3 Å². The number of hydrogen-bond acceptors (Lipinski definition) is 4. The Morgan fingerprint density at radius 2 is 0.443 bits per heavy atom. The molecule has 4 nitrogen and oxygen atoms in total. The Morgan fingerprint density at radius 1 is 0.180 bits per heavy atom. The van der Waals surface area contributed by atoms with Crippen LogP contribution in [0.2, 0.25) is 0 Å². The maximum absolute atomic E-state index is 16.3. The van der Waals surface area contributed by atoms with E-state index in [9.17, 15) is 8.78 Å². The molecular weight excluding hydrogens is 1520 g/mol. The highest BCUT2D eigenvalue weighted by molar-refractivity contribution is 6.41. The van der Waals surface area contributed by atoms with Gasteiger partial charge in [0.1, 0.15) is 79.6 Å². The first kappa shape index (κ1) is 72.5. The second-order valence-electron chi connectivity index (χ2n) is 33.3. The summed E-state index contributed by atoms with van der Waals surface area (Å²) in [6.07, 6.45) is 0. The summed E-state index contributed by atoms with van der Waals surface area (Å²) in [5.41, 5.74) is 27.2. The molecule has 0 saturated carbocycles. The average molecular weight is 1590 g/mol. The van der Waals surface area contributed by atoms with Crippen molar-refractivity contribution in [3.63, 3.8) is 0 Å². The summed E-state index contributed by atoms with van der Waals surface area (Å²) in [6, 6.07) is 88.6. The van der Waals surface area contributed by atoms with Crippen molar-refractivity contribution >= 4 is 152 Å². The van der Waals surface area contributed by atoms with Crippen LogP contribution in [-0.2, 0) is 0 Å². The zero-order chi connectivity index (χ0) is 82.8. The molecule has 0 aliphatic heterocycles. The van der Waals surface area contributed by atoms with Gasteiger partial charge in [-0.2, -0.15) is 0 Å². The topological polar surface area (TPSA) is 52.6 Å². The van der Waals surface area contributed by atoms with E-state index in [2.05, 4.69) is 135 Å².